The molecule has 1 fully saturated rings. The van der Waals surface area contributed by atoms with Crippen molar-refractivity contribution in [1.82, 2.24) is 5.01 Å². The summed E-state index contributed by atoms with van der Waals surface area (Å²) in [6.07, 6.45) is 0.312. The second-order valence-corrected chi connectivity index (χ2v) is 5.47. The molecule has 2 aromatic rings. The van der Waals surface area contributed by atoms with E-state index in [1.54, 1.807) is 0 Å². The van der Waals surface area contributed by atoms with Crippen LogP contribution in [-0.2, 0) is 4.79 Å². The predicted octanol–water partition coefficient (Wildman–Crippen LogP) is 3.45. The van der Waals surface area contributed by atoms with Crippen molar-refractivity contribution in [2.24, 2.45) is 5.10 Å². The number of amides is 1. The van der Waals surface area contributed by atoms with Crippen LogP contribution in [0, 0.1) is 0 Å². The predicted molar refractivity (Wildman–Crippen MR) is 88.7 cm³/mol. The van der Waals surface area contributed by atoms with E-state index in [1.165, 1.54) is 5.56 Å². The lowest BCUT2D eigenvalue weighted by Gasteiger charge is -2.05. The van der Waals surface area contributed by atoms with Crippen molar-refractivity contribution < 1.29 is 4.79 Å². The number of nitrogens with zero attached hydrogens (tertiary/aromatic N) is 2. The number of benzene rings is 2. The number of hydrogen-bond donors (Lipinski definition) is 1. The number of carbonyl (C=O) groups is 1. The van der Waals surface area contributed by atoms with Crippen LogP contribution < -0.4 is 5.32 Å². The maximum Gasteiger partial charge on any atom is 0.230 e. The fourth-order valence-corrected chi connectivity index (χ4v) is 2.41. The molecule has 1 atom stereocenters. The van der Waals surface area contributed by atoms with E-state index in [0.717, 1.165) is 17.9 Å². The summed E-state index contributed by atoms with van der Waals surface area (Å²) in [5, 5.41) is 9.40. The number of para-hydroxylation sites is 1. The van der Waals surface area contributed by atoms with E-state index in [-0.39, 0.29) is 5.91 Å². The Morgan fingerprint density at radius 2 is 1.77 bits per heavy atom. The number of hydrogen-bond acceptors (Lipinski definition) is 3. The Morgan fingerprint density at radius 3 is 2.45 bits per heavy atom. The molecule has 3 rings (SSSR count). The molecule has 0 spiro atoms. The largest absolute Gasteiger partial charge is 0.326 e. The summed E-state index contributed by atoms with van der Waals surface area (Å²) >= 11 is 0. The summed E-state index contributed by atoms with van der Waals surface area (Å²) in [5.41, 5.74) is 2.91. The minimum Gasteiger partial charge on any atom is -0.326 e. The molecule has 0 aliphatic carbocycles. The zero-order chi connectivity index (χ0) is 15.4. The van der Waals surface area contributed by atoms with E-state index in [2.05, 4.69) is 22.6 Å². The van der Waals surface area contributed by atoms with Crippen LogP contribution in [0.15, 0.2) is 65.8 Å². The maximum absolute atomic E-state index is 12.0. The van der Waals surface area contributed by atoms with Gasteiger partial charge in [-0.05, 0) is 24.6 Å². The molecule has 0 radical (unpaired) electrons. The Hall–Kier alpha value is -2.62. The van der Waals surface area contributed by atoms with Gasteiger partial charge >= 0.3 is 0 Å². The second kappa shape index (κ2) is 6.43. The van der Waals surface area contributed by atoms with E-state index in [1.807, 2.05) is 60.5 Å². The summed E-state index contributed by atoms with van der Waals surface area (Å²) in [6, 6.07) is 20.1. The molecule has 1 aliphatic heterocycles. The van der Waals surface area contributed by atoms with Gasteiger partial charge in [-0.2, -0.15) is 5.10 Å². The molecule has 0 bridgehead atoms. The number of carbonyl (C=O) groups excluding carboxylic acids is 1. The van der Waals surface area contributed by atoms with Crippen LogP contribution in [0.1, 0.15) is 24.9 Å². The van der Waals surface area contributed by atoms with Crippen molar-refractivity contribution in [3.8, 4) is 0 Å². The first-order chi connectivity index (χ1) is 10.7. The summed E-state index contributed by atoms with van der Waals surface area (Å²) in [5.74, 6) is -0.0365. The molecule has 1 amide bonds. The molecule has 4 heteroatoms. The van der Waals surface area contributed by atoms with Gasteiger partial charge < -0.3 is 5.32 Å². The molecule has 0 aromatic heterocycles. The first kappa shape index (κ1) is 14.3. The topological polar surface area (TPSA) is 44.5 Å². The summed E-state index contributed by atoms with van der Waals surface area (Å²) in [6.45, 7) is 2.81. The van der Waals surface area contributed by atoms with Gasteiger partial charge in [-0.3, -0.25) is 9.80 Å². The third kappa shape index (κ3) is 3.73. The van der Waals surface area contributed by atoms with Crippen LogP contribution in [0.5, 0.6) is 0 Å². The Bertz CT molecular complexity index is 667. The molecule has 1 unspecified atom stereocenters. The monoisotopic (exact) mass is 293 g/mol. The lowest BCUT2D eigenvalue weighted by atomic mass is 10.2. The van der Waals surface area contributed by atoms with Crippen molar-refractivity contribution >= 4 is 17.3 Å². The lowest BCUT2D eigenvalue weighted by molar-refractivity contribution is -0.115. The van der Waals surface area contributed by atoms with E-state index >= 15 is 0 Å². The smallest absolute Gasteiger partial charge is 0.230 e. The molecule has 1 saturated heterocycles. The average Bonchev–Trinajstić information content (AvgIpc) is 3.28. The first-order valence-corrected chi connectivity index (χ1v) is 7.43. The standard InChI is InChI=1S/C18H19N3O/c1-14(12-18(22)19-16-10-6-3-7-11-16)20-21-13-17(21)15-8-4-2-5-9-15/h2-11,17H,12-13H2,1H3,(H,19,22)/b20-14-. The van der Waals surface area contributed by atoms with Crippen molar-refractivity contribution in [2.75, 3.05) is 11.9 Å². The molecule has 0 saturated carbocycles. The number of rotatable bonds is 5. The van der Waals surface area contributed by atoms with Gasteiger partial charge in [0, 0.05) is 11.4 Å². The van der Waals surface area contributed by atoms with Gasteiger partial charge in [0.1, 0.15) is 0 Å². The molecule has 2 aromatic carbocycles. The second-order valence-electron chi connectivity index (χ2n) is 5.47. The van der Waals surface area contributed by atoms with Crippen molar-refractivity contribution in [3.63, 3.8) is 0 Å². The molecule has 4 nitrogen and oxygen atoms in total. The van der Waals surface area contributed by atoms with Crippen LogP contribution in [-0.4, -0.2) is 23.2 Å². The number of anilines is 1. The summed E-state index contributed by atoms with van der Waals surface area (Å²) < 4.78 is 0. The number of hydrazone groups is 1. The van der Waals surface area contributed by atoms with E-state index < -0.39 is 0 Å². The molecular weight excluding hydrogens is 274 g/mol. The lowest BCUT2D eigenvalue weighted by Crippen LogP contribution is -2.15. The van der Waals surface area contributed by atoms with Gasteiger partial charge in [0.2, 0.25) is 5.91 Å². The fraction of sp³-hybridized carbons (Fsp3) is 0.222. The SMILES string of the molecule is C/C(CC(=O)Nc1ccccc1)=N/N1CC1c1ccccc1. The third-order valence-corrected chi connectivity index (χ3v) is 3.54. The van der Waals surface area contributed by atoms with Crippen LogP contribution >= 0.6 is 0 Å². The van der Waals surface area contributed by atoms with Crippen LogP contribution in [0.3, 0.4) is 0 Å². The van der Waals surface area contributed by atoms with Gasteiger partial charge in [0.05, 0.1) is 19.0 Å². The highest BCUT2D eigenvalue weighted by Crippen LogP contribution is 2.34. The minimum atomic E-state index is -0.0365. The molecular formula is C18H19N3O. The zero-order valence-corrected chi connectivity index (χ0v) is 12.6. The molecule has 1 aliphatic rings. The fourth-order valence-electron chi connectivity index (χ4n) is 2.41. The van der Waals surface area contributed by atoms with Crippen LogP contribution in [0.2, 0.25) is 0 Å². The summed E-state index contributed by atoms with van der Waals surface area (Å²) in [7, 11) is 0. The highest BCUT2D eigenvalue weighted by Gasteiger charge is 2.34. The van der Waals surface area contributed by atoms with E-state index in [0.29, 0.717) is 12.5 Å². The molecule has 112 valence electrons. The Balaban J connectivity index is 1.52. The molecule has 1 N–H and O–H groups in total. The maximum atomic E-state index is 12.0. The van der Waals surface area contributed by atoms with Gasteiger partial charge in [-0.15, -0.1) is 0 Å². The van der Waals surface area contributed by atoms with Crippen molar-refractivity contribution in [1.29, 1.82) is 0 Å². The highest BCUT2D eigenvalue weighted by molar-refractivity contribution is 6.05. The quantitative estimate of drug-likeness (QED) is 0.678. The Labute approximate surface area is 130 Å². The molecule has 22 heavy (non-hydrogen) atoms. The van der Waals surface area contributed by atoms with Gasteiger partial charge in [-0.25, -0.2) is 0 Å². The normalized spacial score (nSPS) is 17.2. The first-order valence-electron chi connectivity index (χ1n) is 7.43. The Kier molecular flexibility index (Phi) is 4.19. The summed E-state index contributed by atoms with van der Waals surface area (Å²) in [4.78, 5) is 12.0. The Morgan fingerprint density at radius 1 is 1.14 bits per heavy atom. The van der Waals surface area contributed by atoms with Crippen LogP contribution in [0.25, 0.3) is 0 Å². The highest BCUT2D eigenvalue weighted by atomic mass is 16.1. The van der Waals surface area contributed by atoms with Gasteiger partial charge in [0.25, 0.3) is 0 Å². The average molecular weight is 293 g/mol. The third-order valence-electron chi connectivity index (χ3n) is 3.54. The van der Waals surface area contributed by atoms with Gasteiger partial charge in [-0.1, -0.05) is 48.5 Å². The van der Waals surface area contributed by atoms with E-state index in [4.69, 9.17) is 0 Å². The minimum absolute atomic E-state index is 0.0365. The number of nitrogens with one attached hydrogen (secondary N) is 1. The van der Waals surface area contributed by atoms with Gasteiger partial charge in [0.15, 0.2) is 0 Å². The van der Waals surface area contributed by atoms with Crippen molar-refractivity contribution in [2.45, 2.75) is 19.4 Å². The van der Waals surface area contributed by atoms with Crippen LogP contribution in [0.4, 0.5) is 5.69 Å². The zero-order valence-electron chi connectivity index (χ0n) is 12.6. The molecule has 1 heterocycles. The van der Waals surface area contributed by atoms with Crippen molar-refractivity contribution in [3.05, 3.63) is 66.2 Å². The van der Waals surface area contributed by atoms with E-state index in [9.17, 15) is 4.79 Å².